The number of hydrogen-bond donors (Lipinski definition) is 1. The van der Waals surface area contributed by atoms with Gasteiger partial charge in [0.05, 0.1) is 6.54 Å². The normalized spacial score (nSPS) is 14.6. The maximum Gasteiger partial charge on any atom is 0.227 e. The lowest BCUT2D eigenvalue weighted by Crippen LogP contribution is -2.36. The zero-order valence-electron chi connectivity index (χ0n) is 9.90. The minimum atomic E-state index is 0.0333. The van der Waals surface area contributed by atoms with Gasteiger partial charge in [0.25, 0.3) is 0 Å². The molecule has 0 aliphatic carbocycles. The third-order valence-electron chi connectivity index (χ3n) is 2.98. The van der Waals surface area contributed by atoms with Crippen molar-refractivity contribution in [2.24, 2.45) is 0 Å². The summed E-state index contributed by atoms with van der Waals surface area (Å²) < 4.78 is 0. The molecule has 1 N–H and O–H groups in total. The predicted molar refractivity (Wildman–Crippen MR) is 65.9 cm³/mol. The van der Waals surface area contributed by atoms with Crippen LogP contribution in [0.2, 0.25) is 0 Å². The Morgan fingerprint density at radius 1 is 1.41 bits per heavy atom. The second kappa shape index (κ2) is 5.10. The number of carbonyl (C=O) groups excluding carboxylic acids is 2. The molecule has 0 unspecified atom stereocenters. The van der Waals surface area contributed by atoms with Gasteiger partial charge in [0.15, 0.2) is 0 Å². The van der Waals surface area contributed by atoms with E-state index in [1.165, 1.54) is 5.56 Å². The largest absolute Gasteiger partial charge is 0.316 e. The molecule has 0 aromatic heterocycles. The Hall–Kier alpha value is -1.68. The second-order valence-electron chi connectivity index (χ2n) is 4.16. The molecule has 0 bridgehead atoms. The SMILES string of the molecule is CNCc1ccc2c(c1)CCC(=O)N2CC=O. The molecule has 0 radical (unpaired) electrons. The van der Waals surface area contributed by atoms with Crippen molar-refractivity contribution >= 4 is 17.9 Å². The third kappa shape index (κ3) is 2.36. The van der Waals surface area contributed by atoms with Crippen molar-refractivity contribution in [3.05, 3.63) is 29.3 Å². The molecule has 1 aromatic carbocycles. The summed E-state index contributed by atoms with van der Waals surface area (Å²) in [6.07, 6.45) is 2.03. The van der Waals surface area contributed by atoms with Crippen LogP contribution in [0.3, 0.4) is 0 Å². The van der Waals surface area contributed by atoms with Gasteiger partial charge in [0.1, 0.15) is 6.29 Å². The zero-order chi connectivity index (χ0) is 12.3. The third-order valence-corrected chi connectivity index (χ3v) is 2.98. The number of anilines is 1. The van der Waals surface area contributed by atoms with Crippen LogP contribution in [-0.4, -0.2) is 25.8 Å². The van der Waals surface area contributed by atoms with Crippen LogP contribution in [0.25, 0.3) is 0 Å². The standard InChI is InChI=1S/C13H16N2O2/c1-14-9-10-2-4-12-11(8-10)3-5-13(17)15(12)6-7-16/h2,4,7-8,14H,3,5-6,9H2,1H3. The Morgan fingerprint density at radius 2 is 2.24 bits per heavy atom. The highest BCUT2D eigenvalue weighted by atomic mass is 16.2. The minimum Gasteiger partial charge on any atom is -0.316 e. The number of aldehydes is 1. The highest BCUT2D eigenvalue weighted by molar-refractivity contribution is 5.98. The summed E-state index contributed by atoms with van der Waals surface area (Å²) in [5.74, 6) is 0.0333. The molecule has 4 nitrogen and oxygen atoms in total. The first-order chi connectivity index (χ1) is 8.26. The Labute approximate surface area is 101 Å². The van der Waals surface area contributed by atoms with Crippen LogP contribution in [0.15, 0.2) is 18.2 Å². The van der Waals surface area contributed by atoms with Gasteiger partial charge >= 0.3 is 0 Å². The molecule has 2 rings (SSSR count). The summed E-state index contributed by atoms with van der Waals surface area (Å²) >= 11 is 0. The van der Waals surface area contributed by atoms with Crippen molar-refractivity contribution in [2.45, 2.75) is 19.4 Å². The van der Waals surface area contributed by atoms with Crippen LogP contribution in [-0.2, 0) is 22.6 Å². The number of amides is 1. The molecule has 1 aromatic rings. The van der Waals surface area contributed by atoms with Crippen LogP contribution < -0.4 is 10.2 Å². The fraction of sp³-hybridized carbons (Fsp3) is 0.385. The molecule has 0 saturated heterocycles. The highest BCUT2D eigenvalue weighted by Gasteiger charge is 2.23. The number of hydrogen-bond acceptors (Lipinski definition) is 3. The number of nitrogens with zero attached hydrogens (tertiary/aromatic N) is 1. The molecule has 1 heterocycles. The Balaban J connectivity index is 2.33. The smallest absolute Gasteiger partial charge is 0.227 e. The average molecular weight is 232 g/mol. The number of nitrogens with one attached hydrogen (secondary N) is 1. The molecule has 0 saturated carbocycles. The molecule has 17 heavy (non-hydrogen) atoms. The minimum absolute atomic E-state index is 0.0333. The fourth-order valence-electron chi connectivity index (χ4n) is 2.20. The first-order valence-corrected chi connectivity index (χ1v) is 5.76. The predicted octanol–water partition coefficient (Wildman–Crippen LogP) is 0.884. The summed E-state index contributed by atoms with van der Waals surface area (Å²) in [6, 6.07) is 6.03. The zero-order valence-corrected chi connectivity index (χ0v) is 9.90. The van der Waals surface area contributed by atoms with E-state index in [0.717, 1.165) is 30.5 Å². The first-order valence-electron chi connectivity index (χ1n) is 5.76. The van der Waals surface area contributed by atoms with Crippen LogP contribution in [0.4, 0.5) is 5.69 Å². The van der Waals surface area contributed by atoms with Crippen LogP contribution in [0.5, 0.6) is 0 Å². The number of fused-ring (bicyclic) bond motifs is 1. The molecule has 4 heteroatoms. The van der Waals surface area contributed by atoms with Crippen molar-refractivity contribution in [3.63, 3.8) is 0 Å². The molecular weight excluding hydrogens is 216 g/mol. The summed E-state index contributed by atoms with van der Waals surface area (Å²) in [4.78, 5) is 23.9. The van der Waals surface area contributed by atoms with Gasteiger partial charge in [-0.15, -0.1) is 0 Å². The summed E-state index contributed by atoms with van der Waals surface area (Å²) in [7, 11) is 1.90. The average Bonchev–Trinajstić information content (AvgIpc) is 2.33. The van der Waals surface area contributed by atoms with Gasteiger partial charge in [-0.05, 0) is 30.7 Å². The van der Waals surface area contributed by atoms with Gasteiger partial charge in [-0.3, -0.25) is 4.79 Å². The number of rotatable bonds is 4. The van der Waals surface area contributed by atoms with E-state index < -0.39 is 0 Å². The quantitative estimate of drug-likeness (QED) is 0.784. The van der Waals surface area contributed by atoms with Gasteiger partial charge in [0, 0.05) is 18.7 Å². The molecule has 0 fully saturated rings. The Kier molecular flexibility index (Phi) is 3.54. The van der Waals surface area contributed by atoms with Crippen molar-refractivity contribution < 1.29 is 9.59 Å². The van der Waals surface area contributed by atoms with Crippen molar-refractivity contribution in [2.75, 3.05) is 18.5 Å². The van der Waals surface area contributed by atoms with E-state index in [1.807, 2.05) is 19.2 Å². The second-order valence-corrected chi connectivity index (χ2v) is 4.16. The van der Waals surface area contributed by atoms with E-state index in [1.54, 1.807) is 4.90 Å². The maximum absolute atomic E-state index is 11.7. The van der Waals surface area contributed by atoms with Crippen molar-refractivity contribution in [3.8, 4) is 0 Å². The number of carbonyl (C=O) groups is 2. The van der Waals surface area contributed by atoms with E-state index in [0.29, 0.717) is 6.42 Å². The van der Waals surface area contributed by atoms with Crippen LogP contribution in [0, 0.1) is 0 Å². The highest BCUT2D eigenvalue weighted by Crippen LogP contribution is 2.28. The van der Waals surface area contributed by atoms with E-state index in [9.17, 15) is 9.59 Å². The van der Waals surface area contributed by atoms with Gasteiger partial charge in [-0.1, -0.05) is 12.1 Å². The molecular formula is C13H16N2O2. The van der Waals surface area contributed by atoms with E-state index >= 15 is 0 Å². The summed E-state index contributed by atoms with van der Waals surface area (Å²) in [5.41, 5.74) is 3.24. The lowest BCUT2D eigenvalue weighted by molar-refractivity contribution is -0.120. The monoisotopic (exact) mass is 232 g/mol. The first kappa shape index (κ1) is 11.8. The van der Waals surface area contributed by atoms with Crippen molar-refractivity contribution in [1.29, 1.82) is 0 Å². The maximum atomic E-state index is 11.7. The Morgan fingerprint density at radius 3 is 2.94 bits per heavy atom. The van der Waals surface area contributed by atoms with Crippen LogP contribution >= 0.6 is 0 Å². The van der Waals surface area contributed by atoms with E-state index in [4.69, 9.17) is 0 Å². The number of benzene rings is 1. The molecule has 0 atom stereocenters. The molecule has 0 spiro atoms. The van der Waals surface area contributed by atoms with Gasteiger partial charge in [-0.2, -0.15) is 0 Å². The number of aryl methyl sites for hydroxylation is 1. The molecule has 1 amide bonds. The molecule has 1 aliphatic rings. The lowest BCUT2D eigenvalue weighted by atomic mass is 9.98. The molecule has 90 valence electrons. The Bertz CT molecular complexity index is 443. The van der Waals surface area contributed by atoms with Crippen molar-refractivity contribution in [1.82, 2.24) is 5.32 Å². The van der Waals surface area contributed by atoms with Gasteiger partial charge in [-0.25, -0.2) is 0 Å². The van der Waals surface area contributed by atoms with Gasteiger partial charge in [0.2, 0.25) is 5.91 Å². The summed E-state index contributed by atoms with van der Waals surface area (Å²) in [5, 5.41) is 3.10. The van der Waals surface area contributed by atoms with Crippen LogP contribution in [0.1, 0.15) is 17.5 Å². The van der Waals surface area contributed by atoms with E-state index in [-0.39, 0.29) is 12.5 Å². The lowest BCUT2D eigenvalue weighted by Gasteiger charge is -2.28. The molecule has 1 aliphatic heterocycles. The van der Waals surface area contributed by atoms with E-state index in [2.05, 4.69) is 11.4 Å². The topological polar surface area (TPSA) is 49.4 Å². The van der Waals surface area contributed by atoms with Gasteiger partial charge < -0.3 is 15.0 Å². The fourth-order valence-corrected chi connectivity index (χ4v) is 2.20. The summed E-state index contributed by atoms with van der Waals surface area (Å²) in [6.45, 7) is 0.964.